The summed E-state index contributed by atoms with van der Waals surface area (Å²) in [4.78, 5) is 12.3. The highest BCUT2D eigenvalue weighted by atomic mass is 16.5. The minimum Gasteiger partial charge on any atom is -0.381 e. The molecule has 1 aliphatic heterocycles. The predicted octanol–water partition coefficient (Wildman–Crippen LogP) is 1.68. The smallest absolute Gasteiger partial charge is 0.224 e. The van der Waals surface area contributed by atoms with E-state index < -0.39 is 0 Å². The third-order valence-corrected chi connectivity index (χ3v) is 3.54. The van der Waals surface area contributed by atoms with Crippen LogP contribution in [0.25, 0.3) is 0 Å². The average Bonchev–Trinajstić information content (AvgIpc) is 2.25. The summed E-state index contributed by atoms with van der Waals surface area (Å²) in [5.41, 5.74) is 5.74. The van der Waals surface area contributed by atoms with Crippen molar-refractivity contribution in [2.24, 2.45) is 17.1 Å². The van der Waals surface area contributed by atoms with Gasteiger partial charge in [0.2, 0.25) is 5.91 Å². The molecule has 3 N–H and O–H groups in total. The Morgan fingerprint density at radius 1 is 1.39 bits per heavy atom. The van der Waals surface area contributed by atoms with E-state index in [0.717, 1.165) is 32.5 Å². The maximum absolute atomic E-state index is 12.3. The van der Waals surface area contributed by atoms with Gasteiger partial charge < -0.3 is 15.8 Å². The van der Waals surface area contributed by atoms with Gasteiger partial charge in [-0.2, -0.15) is 0 Å². The van der Waals surface area contributed by atoms with Crippen LogP contribution >= 0.6 is 0 Å². The predicted molar refractivity (Wildman–Crippen MR) is 73.2 cm³/mol. The lowest BCUT2D eigenvalue weighted by Gasteiger charge is -2.36. The average molecular weight is 256 g/mol. The van der Waals surface area contributed by atoms with Crippen LogP contribution in [0.15, 0.2) is 0 Å². The number of carbonyl (C=O) groups excluding carboxylic acids is 1. The second-order valence-corrected chi connectivity index (χ2v) is 6.86. The first-order valence-electron chi connectivity index (χ1n) is 6.86. The Hall–Kier alpha value is -0.610. The second-order valence-electron chi connectivity index (χ2n) is 6.86. The Labute approximate surface area is 111 Å². The Morgan fingerprint density at radius 2 is 1.94 bits per heavy atom. The fourth-order valence-electron chi connectivity index (χ4n) is 2.37. The molecule has 0 radical (unpaired) electrons. The third kappa shape index (κ3) is 4.94. The first-order valence-corrected chi connectivity index (χ1v) is 6.86. The Bertz CT molecular complexity index is 278. The molecular weight excluding hydrogens is 228 g/mol. The number of hydrogen-bond donors (Lipinski definition) is 2. The van der Waals surface area contributed by atoms with Gasteiger partial charge in [0.15, 0.2) is 0 Å². The zero-order chi connectivity index (χ0) is 13.8. The Kier molecular flexibility index (Phi) is 5.17. The van der Waals surface area contributed by atoms with Crippen LogP contribution in [0.2, 0.25) is 0 Å². The molecule has 1 unspecified atom stereocenters. The van der Waals surface area contributed by atoms with Crippen LogP contribution in [-0.2, 0) is 9.53 Å². The summed E-state index contributed by atoms with van der Waals surface area (Å²) < 4.78 is 5.34. The maximum atomic E-state index is 12.3. The molecule has 1 aliphatic rings. The summed E-state index contributed by atoms with van der Waals surface area (Å²) >= 11 is 0. The van der Waals surface area contributed by atoms with E-state index in [9.17, 15) is 4.79 Å². The molecular formula is C14H28N2O2. The zero-order valence-corrected chi connectivity index (χ0v) is 12.2. The van der Waals surface area contributed by atoms with Gasteiger partial charge in [0.25, 0.3) is 0 Å². The van der Waals surface area contributed by atoms with Crippen molar-refractivity contribution in [1.29, 1.82) is 0 Å². The summed E-state index contributed by atoms with van der Waals surface area (Å²) in [6.07, 6.45) is 2.58. The van der Waals surface area contributed by atoms with Crippen molar-refractivity contribution in [3.05, 3.63) is 0 Å². The molecule has 0 aromatic rings. The van der Waals surface area contributed by atoms with E-state index in [2.05, 4.69) is 33.0 Å². The molecule has 0 aliphatic carbocycles. The molecule has 18 heavy (non-hydrogen) atoms. The fourth-order valence-corrected chi connectivity index (χ4v) is 2.37. The van der Waals surface area contributed by atoms with E-state index in [4.69, 9.17) is 10.5 Å². The first-order chi connectivity index (χ1) is 8.26. The van der Waals surface area contributed by atoms with Crippen LogP contribution in [0.5, 0.6) is 0 Å². The molecule has 1 amide bonds. The lowest BCUT2D eigenvalue weighted by molar-refractivity contribution is -0.128. The van der Waals surface area contributed by atoms with Crippen molar-refractivity contribution in [2.75, 3.05) is 19.8 Å². The first kappa shape index (κ1) is 15.4. The van der Waals surface area contributed by atoms with Crippen LogP contribution in [0.3, 0.4) is 0 Å². The lowest BCUT2D eigenvalue weighted by Crippen LogP contribution is -2.52. The quantitative estimate of drug-likeness (QED) is 0.804. The van der Waals surface area contributed by atoms with E-state index in [1.807, 2.05) is 0 Å². The summed E-state index contributed by atoms with van der Waals surface area (Å²) in [6, 6.07) is 0. The molecule has 4 heteroatoms. The van der Waals surface area contributed by atoms with Crippen LogP contribution < -0.4 is 11.1 Å². The van der Waals surface area contributed by atoms with Crippen molar-refractivity contribution in [3.63, 3.8) is 0 Å². The van der Waals surface area contributed by atoms with Gasteiger partial charge in [-0.15, -0.1) is 0 Å². The molecule has 1 rings (SSSR count). The minimum atomic E-state index is -0.124. The minimum absolute atomic E-state index is 0.0929. The third-order valence-electron chi connectivity index (χ3n) is 3.54. The molecule has 0 bridgehead atoms. The van der Waals surface area contributed by atoms with E-state index >= 15 is 0 Å². The summed E-state index contributed by atoms with van der Waals surface area (Å²) in [6.45, 7) is 10.4. The van der Waals surface area contributed by atoms with Crippen LogP contribution in [0.4, 0.5) is 0 Å². The van der Waals surface area contributed by atoms with E-state index in [-0.39, 0.29) is 22.8 Å². The Balaban J connectivity index is 2.56. The molecule has 0 aromatic carbocycles. The summed E-state index contributed by atoms with van der Waals surface area (Å²) in [7, 11) is 0. The van der Waals surface area contributed by atoms with Gasteiger partial charge in [-0.05, 0) is 31.6 Å². The molecule has 0 aromatic heterocycles. The van der Waals surface area contributed by atoms with Crippen molar-refractivity contribution >= 4 is 5.91 Å². The highest BCUT2D eigenvalue weighted by Crippen LogP contribution is 2.26. The van der Waals surface area contributed by atoms with Gasteiger partial charge >= 0.3 is 0 Å². The fraction of sp³-hybridized carbons (Fsp3) is 0.929. The van der Waals surface area contributed by atoms with Gasteiger partial charge in [-0.1, -0.05) is 20.8 Å². The molecule has 1 saturated heterocycles. The molecule has 0 saturated carbocycles. The van der Waals surface area contributed by atoms with Crippen molar-refractivity contribution < 1.29 is 9.53 Å². The number of carbonyl (C=O) groups is 1. The van der Waals surface area contributed by atoms with E-state index in [1.54, 1.807) is 0 Å². The van der Waals surface area contributed by atoms with Gasteiger partial charge in [-0.3, -0.25) is 4.79 Å². The monoisotopic (exact) mass is 256 g/mol. The van der Waals surface area contributed by atoms with Gasteiger partial charge in [0.1, 0.15) is 0 Å². The number of nitrogens with one attached hydrogen (secondary N) is 1. The molecule has 1 heterocycles. The maximum Gasteiger partial charge on any atom is 0.224 e. The lowest BCUT2D eigenvalue weighted by atomic mass is 9.83. The van der Waals surface area contributed by atoms with Gasteiger partial charge in [0, 0.05) is 25.3 Å². The van der Waals surface area contributed by atoms with Crippen molar-refractivity contribution in [2.45, 2.75) is 52.5 Å². The Morgan fingerprint density at radius 3 is 2.39 bits per heavy atom. The highest BCUT2D eigenvalue weighted by molar-refractivity contribution is 5.79. The van der Waals surface area contributed by atoms with Gasteiger partial charge in [-0.25, -0.2) is 0 Å². The summed E-state index contributed by atoms with van der Waals surface area (Å²) in [5.74, 6) is 0.00138. The molecule has 4 nitrogen and oxygen atoms in total. The molecule has 0 spiro atoms. The number of nitrogens with two attached hydrogens (primary N) is 1. The highest BCUT2D eigenvalue weighted by Gasteiger charge is 2.32. The largest absolute Gasteiger partial charge is 0.381 e. The summed E-state index contributed by atoms with van der Waals surface area (Å²) in [5, 5.41) is 3.17. The second kappa shape index (κ2) is 6.02. The van der Waals surface area contributed by atoms with E-state index in [0.29, 0.717) is 6.54 Å². The normalized spacial score (nSPS) is 21.4. The van der Waals surface area contributed by atoms with Crippen LogP contribution in [-0.4, -0.2) is 31.2 Å². The van der Waals surface area contributed by atoms with Crippen molar-refractivity contribution in [1.82, 2.24) is 5.32 Å². The standard InChI is InChI=1S/C14H28N2O2/c1-13(2,3)9-11(10-15)12(17)16-14(4)5-7-18-8-6-14/h11H,5-10,15H2,1-4H3,(H,16,17). The van der Waals surface area contributed by atoms with Crippen LogP contribution in [0, 0.1) is 11.3 Å². The topological polar surface area (TPSA) is 64.4 Å². The van der Waals surface area contributed by atoms with Crippen molar-refractivity contribution in [3.8, 4) is 0 Å². The number of amides is 1. The van der Waals surface area contributed by atoms with Crippen LogP contribution in [0.1, 0.15) is 47.0 Å². The number of rotatable bonds is 4. The number of ether oxygens (including phenoxy) is 1. The SMILES string of the molecule is CC(C)(C)CC(CN)C(=O)NC1(C)CCOCC1. The zero-order valence-electron chi connectivity index (χ0n) is 12.2. The molecule has 1 fully saturated rings. The molecule has 106 valence electrons. The van der Waals surface area contributed by atoms with E-state index in [1.165, 1.54) is 0 Å². The number of hydrogen-bond acceptors (Lipinski definition) is 3. The molecule has 1 atom stereocenters. The van der Waals surface area contributed by atoms with Gasteiger partial charge in [0.05, 0.1) is 5.92 Å².